The Kier molecular flexibility index (Phi) is 6.14. The van der Waals surface area contributed by atoms with Crippen LogP contribution in [0, 0.1) is 11.3 Å². The summed E-state index contributed by atoms with van der Waals surface area (Å²) in [6.45, 7) is 5.25. The van der Waals surface area contributed by atoms with E-state index in [9.17, 15) is 9.65 Å². The third-order valence-electron chi connectivity index (χ3n) is 9.34. The summed E-state index contributed by atoms with van der Waals surface area (Å²) in [5.41, 5.74) is 7.54. The van der Waals surface area contributed by atoms with Gasteiger partial charge >= 0.3 is 6.01 Å². The number of aromatic nitrogens is 4. The van der Waals surface area contributed by atoms with Gasteiger partial charge in [0.05, 0.1) is 17.1 Å². The molecule has 3 aliphatic heterocycles. The molecule has 3 aromatic heterocycles. The van der Waals surface area contributed by atoms with Crippen LogP contribution >= 0.6 is 22.9 Å². The largest absolute Gasteiger partial charge is 0.461 e. The number of nitrogens with two attached hydrogens (primary N) is 1. The molecule has 2 N–H and O–H groups in total. The molecule has 0 bridgehead atoms. The van der Waals surface area contributed by atoms with E-state index in [1.807, 2.05) is 18.0 Å². The number of nitriles is 1. The number of nitrogen functional groups attached to an aromatic ring is 1. The molecular weight excluding hydrogens is 549 g/mol. The number of halogens is 1. The predicted octanol–water partition coefficient (Wildman–Crippen LogP) is 3.70. The Morgan fingerprint density at radius 3 is 2.95 bits per heavy atom. The quantitative estimate of drug-likeness (QED) is 0.442. The second kappa shape index (κ2) is 9.49. The van der Waals surface area contributed by atoms with Crippen LogP contribution in [0.1, 0.15) is 59.5 Å². The van der Waals surface area contributed by atoms with Crippen molar-refractivity contribution in [2.75, 3.05) is 55.4 Å². The van der Waals surface area contributed by atoms with E-state index >= 15 is 0 Å². The van der Waals surface area contributed by atoms with Crippen LogP contribution in [0.5, 0.6) is 6.01 Å². The van der Waals surface area contributed by atoms with E-state index in [0.717, 1.165) is 42.7 Å². The summed E-state index contributed by atoms with van der Waals surface area (Å²) in [6.07, 6.45) is 5.37. The van der Waals surface area contributed by atoms with Crippen molar-refractivity contribution in [3.8, 4) is 12.1 Å². The van der Waals surface area contributed by atoms with E-state index in [2.05, 4.69) is 27.2 Å². The Morgan fingerprint density at radius 2 is 2.17 bits per heavy atom. The van der Waals surface area contributed by atoms with Crippen LogP contribution in [0.2, 0.25) is 0 Å². The van der Waals surface area contributed by atoms with E-state index in [1.54, 1.807) is 17.5 Å². The standard InChI is InChI=1S/C27H32FN9OS2/c1-16(19-5-8-31-40-19)35(2)23-32-24(34-25(33-23)38-15-27-6-3-9-37(27)12-17(28)10-27)36-13-26(14-36)7-4-20-21(26)18(11-29)22(30)39-20/h5,8,16-17H,3-4,6-7,9-10,12-15,30H2,1-2H3/t16?,17-,27+/m1/s1. The summed E-state index contributed by atoms with van der Waals surface area (Å²) in [5, 5.41) is 10.4. The molecule has 0 amide bonds. The number of thiophene rings is 1. The highest BCUT2D eigenvalue weighted by Crippen LogP contribution is 2.52. The van der Waals surface area contributed by atoms with Gasteiger partial charge in [-0.15, -0.1) is 11.3 Å². The van der Waals surface area contributed by atoms with Gasteiger partial charge in [-0.3, -0.25) is 4.90 Å². The molecule has 3 atom stereocenters. The van der Waals surface area contributed by atoms with Crippen LogP contribution in [0.15, 0.2) is 12.3 Å². The smallest absolute Gasteiger partial charge is 0.323 e. The summed E-state index contributed by atoms with van der Waals surface area (Å²) < 4.78 is 24.9. The second-order valence-electron chi connectivity index (χ2n) is 11.7. The first-order valence-corrected chi connectivity index (χ1v) is 15.4. The highest BCUT2D eigenvalue weighted by molar-refractivity contribution is 7.16. The first kappa shape index (κ1) is 25.9. The predicted molar refractivity (Wildman–Crippen MR) is 153 cm³/mol. The summed E-state index contributed by atoms with van der Waals surface area (Å²) in [5.74, 6) is 1.07. The maximum absolute atomic E-state index is 14.4. The van der Waals surface area contributed by atoms with Crippen LogP contribution in [0.4, 0.5) is 21.3 Å². The van der Waals surface area contributed by atoms with Gasteiger partial charge in [0.15, 0.2) is 0 Å². The molecule has 13 heteroatoms. The number of hydrogen-bond donors (Lipinski definition) is 1. The Labute approximate surface area is 240 Å². The average molecular weight is 582 g/mol. The molecule has 0 saturated carbocycles. The number of ether oxygens (including phenoxy) is 1. The zero-order valence-corrected chi connectivity index (χ0v) is 24.3. The summed E-state index contributed by atoms with van der Waals surface area (Å²) in [7, 11) is 1.96. The molecule has 4 aliphatic rings. The lowest BCUT2D eigenvalue weighted by Crippen LogP contribution is -2.59. The van der Waals surface area contributed by atoms with Gasteiger partial charge in [0.1, 0.15) is 23.8 Å². The van der Waals surface area contributed by atoms with Gasteiger partial charge in [-0.1, -0.05) is 0 Å². The zero-order valence-electron chi connectivity index (χ0n) is 22.6. The normalized spacial score (nSPS) is 25.4. The second-order valence-corrected chi connectivity index (χ2v) is 13.7. The fourth-order valence-corrected chi connectivity index (χ4v) is 8.93. The van der Waals surface area contributed by atoms with Gasteiger partial charge < -0.3 is 20.3 Å². The van der Waals surface area contributed by atoms with Gasteiger partial charge in [-0.2, -0.15) is 20.2 Å². The van der Waals surface area contributed by atoms with Crippen molar-refractivity contribution >= 4 is 39.8 Å². The van der Waals surface area contributed by atoms with Crippen molar-refractivity contribution in [2.24, 2.45) is 0 Å². The van der Waals surface area contributed by atoms with E-state index in [1.165, 1.54) is 16.4 Å². The molecule has 3 aromatic rings. The summed E-state index contributed by atoms with van der Waals surface area (Å²) in [6, 6.07) is 4.61. The number of rotatable bonds is 7. The van der Waals surface area contributed by atoms with Gasteiger partial charge in [-0.05, 0) is 62.3 Å². The summed E-state index contributed by atoms with van der Waals surface area (Å²) in [4.78, 5) is 23.1. The van der Waals surface area contributed by atoms with Crippen LogP contribution in [-0.4, -0.2) is 75.8 Å². The SMILES string of the molecule is CC(c1ccns1)N(C)c1nc(OC[C@@]23CCCN2C[C@H](F)C3)nc(N2CC3(CCc4sc(N)c(C#N)c43)C2)n1. The fraction of sp³-hybridized carbons (Fsp3) is 0.593. The van der Waals surface area contributed by atoms with E-state index < -0.39 is 6.17 Å². The van der Waals surface area contributed by atoms with Crippen LogP contribution < -0.4 is 20.3 Å². The third kappa shape index (κ3) is 4.02. The summed E-state index contributed by atoms with van der Waals surface area (Å²) >= 11 is 3.00. The molecule has 3 fully saturated rings. The van der Waals surface area contributed by atoms with Gasteiger partial charge in [0.2, 0.25) is 11.9 Å². The molecule has 1 spiro atoms. The van der Waals surface area contributed by atoms with Crippen molar-refractivity contribution in [2.45, 2.75) is 62.2 Å². The minimum absolute atomic E-state index is 0.00809. The number of anilines is 3. The maximum atomic E-state index is 14.4. The molecule has 3 saturated heterocycles. The Balaban J connectivity index is 1.17. The first-order chi connectivity index (χ1) is 19.3. The van der Waals surface area contributed by atoms with Gasteiger partial charge in [0.25, 0.3) is 0 Å². The molecule has 0 aromatic carbocycles. The zero-order chi connectivity index (χ0) is 27.6. The van der Waals surface area contributed by atoms with Crippen molar-refractivity contribution in [1.82, 2.24) is 24.2 Å². The molecule has 40 heavy (non-hydrogen) atoms. The number of nitrogens with zero attached hydrogens (tertiary/aromatic N) is 8. The Morgan fingerprint density at radius 1 is 1.32 bits per heavy atom. The Bertz CT molecular complexity index is 1470. The molecule has 1 aliphatic carbocycles. The minimum atomic E-state index is -0.821. The number of alkyl halides is 1. The van der Waals surface area contributed by atoms with Gasteiger partial charge in [-0.25, -0.2) is 8.76 Å². The lowest BCUT2D eigenvalue weighted by Gasteiger charge is -2.48. The highest BCUT2D eigenvalue weighted by atomic mass is 32.1. The van der Waals surface area contributed by atoms with Crippen LogP contribution in [-0.2, 0) is 11.8 Å². The van der Waals surface area contributed by atoms with E-state index in [0.29, 0.717) is 55.1 Å². The Hall–Kier alpha value is -3.08. The van der Waals surface area contributed by atoms with Crippen LogP contribution in [0.25, 0.3) is 0 Å². The van der Waals surface area contributed by atoms with Crippen molar-refractivity contribution in [1.29, 1.82) is 5.26 Å². The van der Waals surface area contributed by atoms with E-state index in [4.69, 9.17) is 25.4 Å². The van der Waals surface area contributed by atoms with Crippen molar-refractivity contribution < 1.29 is 9.13 Å². The number of aryl methyl sites for hydroxylation is 1. The molecular formula is C27H32FN9OS2. The lowest BCUT2D eigenvalue weighted by molar-refractivity contribution is 0.107. The highest BCUT2D eigenvalue weighted by Gasteiger charge is 2.52. The minimum Gasteiger partial charge on any atom is -0.461 e. The fourth-order valence-electron chi connectivity index (χ4n) is 7.12. The van der Waals surface area contributed by atoms with Crippen LogP contribution in [0.3, 0.4) is 0 Å². The monoisotopic (exact) mass is 581 g/mol. The number of hydrogen-bond acceptors (Lipinski definition) is 12. The first-order valence-electron chi connectivity index (χ1n) is 13.8. The number of fused-ring (bicyclic) bond motifs is 3. The molecule has 0 radical (unpaired) electrons. The maximum Gasteiger partial charge on any atom is 0.323 e. The average Bonchev–Trinajstić information content (AvgIpc) is 3.73. The molecule has 1 unspecified atom stereocenters. The molecule has 6 heterocycles. The van der Waals surface area contributed by atoms with Gasteiger partial charge in [0, 0.05) is 54.5 Å². The van der Waals surface area contributed by atoms with Crippen molar-refractivity contribution in [3.63, 3.8) is 0 Å². The molecule has 7 rings (SSSR count). The van der Waals surface area contributed by atoms with E-state index in [-0.39, 0.29) is 23.0 Å². The topological polar surface area (TPSA) is 120 Å². The lowest BCUT2D eigenvalue weighted by atomic mass is 9.74. The third-order valence-corrected chi connectivity index (χ3v) is 11.3. The molecule has 10 nitrogen and oxygen atoms in total. The molecule has 210 valence electrons. The van der Waals surface area contributed by atoms with Crippen molar-refractivity contribution in [3.05, 3.63) is 33.1 Å².